The molecule has 2 saturated heterocycles. The highest BCUT2D eigenvalue weighted by atomic mass is 16.7. The number of ether oxygens (including phenoxy) is 4. The van der Waals surface area contributed by atoms with E-state index in [1.54, 1.807) is 0 Å². The van der Waals surface area contributed by atoms with E-state index < -0.39 is 67.1 Å². The van der Waals surface area contributed by atoms with Crippen LogP contribution < -0.4 is 10.1 Å². The minimum atomic E-state index is -1.49. The van der Waals surface area contributed by atoms with Crippen LogP contribution >= 0.6 is 0 Å². The van der Waals surface area contributed by atoms with E-state index in [1.165, 1.54) is 38.1 Å². The molecule has 1 aromatic rings. The van der Waals surface area contributed by atoms with Crippen LogP contribution in [0.4, 0.5) is 0 Å². The van der Waals surface area contributed by atoms with Crippen molar-refractivity contribution in [2.75, 3.05) is 6.79 Å². The lowest BCUT2D eigenvalue weighted by molar-refractivity contribution is -0.155. The van der Waals surface area contributed by atoms with Crippen LogP contribution in [-0.2, 0) is 19.0 Å². The minimum absolute atomic E-state index is 0.0304. The number of nitrogens with zero attached hydrogens (tertiary/aromatic N) is 1. The molecule has 3 aliphatic rings. The normalized spacial score (nSPS) is 38.4. The lowest BCUT2D eigenvalue weighted by atomic mass is 9.83. The van der Waals surface area contributed by atoms with Crippen LogP contribution in [0.1, 0.15) is 19.4 Å². The summed E-state index contributed by atoms with van der Waals surface area (Å²) in [5.41, 5.74) is 0.582. The van der Waals surface area contributed by atoms with Gasteiger partial charge in [0.05, 0.1) is 11.8 Å². The highest BCUT2D eigenvalue weighted by Gasteiger charge is 2.53. The Morgan fingerprint density at radius 3 is 2.35 bits per heavy atom. The van der Waals surface area contributed by atoms with Crippen molar-refractivity contribution in [2.45, 2.75) is 75.0 Å². The van der Waals surface area contributed by atoms with E-state index in [0.717, 1.165) is 0 Å². The second-order valence-electron chi connectivity index (χ2n) is 9.17. The average molecular weight is 526 g/mol. The number of oxime groups is 1. The average Bonchev–Trinajstić information content (AvgIpc) is 3.47. The molecule has 0 radical (unpaired) electrons. The van der Waals surface area contributed by atoms with Crippen molar-refractivity contribution in [3.05, 3.63) is 29.3 Å². The van der Waals surface area contributed by atoms with Crippen LogP contribution in [0.2, 0.25) is 0 Å². The van der Waals surface area contributed by atoms with E-state index in [1.807, 2.05) is 0 Å². The van der Waals surface area contributed by atoms with E-state index in [2.05, 4.69) is 10.5 Å². The summed E-state index contributed by atoms with van der Waals surface area (Å²) >= 11 is 0. The molecule has 1 saturated carbocycles. The number of carbonyl (C=O) groups is 1. The van der Waals surface area contributed by atoms with Crippen molar-refractivity contribution in [1.82, 2.24) is 5.32 Å². The number of aliphatic hydroxyl groups excluding tert-OH is 5. The minimum Gasteiger partial charge on any atom is -0.504 e. The van der Waals surface area contributed by atoms with Gasteiger partial charge in [-0.3, -0.25) is 4.79 Å². The molecule has 14 nitrogen and oxygen atoms in total. The number of fused-ring (bicyclic) bond motifs is 1. The largest absolute Gasteiger partial charge is 0.504 e. The second-order valence-corrected chi connectivity index (χ2v) is 9.17. The predicted molar refractivity (Wildman–Crippen MR) is 123 cm³/mol. The number of rotatable bonds is 6. The summed E-state index contributed by atoms with van der Waals surface area (Å²) in [6, 6.07) is 2.93. The molecule has 1 aliphatic carbocycles. The van der Waals surface area contributed by atoms with Gasteiger partial charge >= 0.3 is 0 Å². The van der Waals surface area contributed by atoms with Gasteiger partial charge in [0.25, 0.3) is 0 Å². The lowest BCUT2D eigenvalue weighted by Gasteiger charge is -2.41. The van der Waals surface area contributed by atoms with Crippen LogP contribution in [0.3, 0.4) is 0 Å². The van der Waals surface area contributed by atoms with Crippen molar-refractivity contribution < 1.29 is 59.6 Å². The summed E-state index contributed by atoms with van der Waals surface area (Å²) in [4.78, 5) is 12.7. The lowest BCUT2D eigenvalue weighted by Crippen LogP contribution is -2.67. The number of amides is 1. The van der Waals surface area contributed by atoms with Gasteiger partial charge in [-0.05, 0) is 37.6 Å². The van der Waals surface area contributed by atoms with Gasteiger partial charge in [-0.1, -0.05) is 11.2 Å². The number of nitrogens with one attached hydrogen (secondary N) is 1. The van der Waals surface area contributed by atoms with Crippen molar-refractivity contribution in [3.8, 4) is 11.5 Å². The van der Waals surface area contributed by atoms with Crippen molar-refractivity contribution in [1.29, 1.82) is 0 Å². The Bertz CT molecular complexity index is 1060. The number of hydrogen-bond acceptors (Lipinski definition) is 13. The molecular formula is C23H30N2O12. The summed E-state index contributed by atoms with van der Waals surface area (Å²) in [7, 11) is 0. The first-order chi connectivity index (χ1) is 17.5. The van der Waals surface area contributed by atoms with E-state index in [4.69, 9.17) is 24.2 Å². The van der Waals surface area contributed by atoms with E-state index in [-0.39, 0.29) is 29.6 Å². The zero-order chi connectivity index (χ0) is 27.0. The van der Waals surface area contributed by atoms with Crippen LogP contribution in [0, 0.1) is 0 Å². The maximum absolute atomic E-state index is 12.7. The van der Waals surface area contributed by atoms with Crippen molar-refractivity contribution in [3.63, 3.8) is 0 Å². The van der Waals surface area contributed by atoms with Crippen LogP contribution in [0.25, 0.3) is 6.08 Å². The molecule has 0 spiro atoms. The number of phenols is 1. The number of benzene rings is 1. The molecule has 0 unspecified atom stereocenters. The SMILES string of the molecule is C/C(=N/O)[C@H]1O[C@@H](Oc2ccc(/C=C(\C)C(=O)N[C@@H]3[C@H](O)[C@@H](O)[C@H]4OCO[C@H]4[C@@H]3O)cc2O)[C@@H](O)[C@@H]1O. The topological polar surface area (TPSA) is 220 Å². The van der Waals surface area contributed by atoms with Crippen LogP contribution in [0.5, 0.6) is 11.5 Å². The summed E-state index contributed by atoms with van der Waals surface area (Å²) < 4.78 is 21.3. The van der Waals surface area contributed by atoms with Crippen LogP contribution in [0.15, 0.2) is 28.9 Å². The molecular weight excluding hydrogens is 496 g/mol. The summed E-state index contributed by atoms with van der Waals surface area (Å²) in [5.74, 6) is -1.07. The maximum Gasteiger partial charge on any atom is 0.247 e. The molecule has 0 bridgehead atoms. The van der Waals surface area contributed by atoms with Gasteiger partial charge in [-0.2, -0.15) is 0 Å². The number of phenolic OH excluding ortho intramolecular Hbond substituents is 1. The highest BCUT2D eigenvalue weighted by Crippen LogP contribution is 2.33. The Morgan fingerprint density at radius 2 is 1.70 bits per heavy atom. The van der Waals surface area contributed by atoms with E-state index >= 15 is 0 Å². The van der Waals surface area contributed by atoms with Gasteiger partial charge in [-0.25, -0.2) is 0 Å². The Hall–Kier alpha value is -2.82. The summed E-state index contributed by atoms with van der Waals surface area (Å²) in [6.07, 6.45) is -9.91. The van der Waals surface area contributed by atoms with Crippen molar-refractivity contribution in [2.24, 2.45) is 5.16 Å². The van der Waals surface area contributed by atoms with Gasteiger partial charge in [0.2, 0.25) is 12.2 Å². The summed E-state index contributed by atoms with van der Waals surface area (Å²) in [5, 5.41) is 76.1. The molecule has 37 heavy (non-hydrogen) atoms. The first-order valence-corrected chi connectivity index (χ1v) is 11.5. The Kier molecular flexibility index (Phi) is 8.01. The molecule has 3 fully saturated rings. The number of carbonyl (C=O) groups excluding carboxylic acids is 1. The summed E-state index contributed by atoms with van der Waals surface area (Å²) in [6.45, 7) is 2.72. The molecule has 2 aliphatic heterocycles. The zero-order valence-electron chi connectivity index (χ0n) is 19.9. The first-order valence-electron chi connectivity index (χ1n) is 11.5. The predicted octanol–water partition coefficient (Wildman–Crippen LogP) is -2.21. The Balaban J connectivity index is 1.41. The smallest absolute Gasteiger partial charge is 0.247 e. The van der Waals surface area contributed by atoms with Gasteiger partial charge < -0.3 is 60.1 Å². The fourth-order valence-corrected chi connectivity index (χ4v) is 4.53. The molecule has 2 heterocycles. The number of aromatic hydroxyl groups is 1. The fraction of sp³-hybridized carbons (Fsp3) is 0.565. The van der Waals surface area contributed by atoms with Gasteiger partial charge in [0.15, 0.2) is 11.5 Å². The van der Waals surface area contributed by atoms with E-state index in [0.29, 0.717) is 5.56 Å². The highest BCUT2D eigenvalue weighted by molar-refractivity contribution is 5.97. The maximum atomic E-state index is 12.7. The molecule has 1 aromatic carbocycles. The third-order valence-electron chi connectivity index (χ3n) is 6.66. The molecule has 204 valence electrons. The molecule has 4 rings (SSSR count). The Morgan fingerprint density at radius 1 is 1.03 bits per heavy atom. The van der Waals surface area contributed by atoms with Gasteiger partial charge in [0.1, 0.15) is 55.6 Å². The van der Waals surface area contributed by atoms with Crippen molar-refractivity contribution >= 4 is 17.7 Å². The van der Waals surface area contributed by atoms with E-state index in [9.17, 15) is 35.4 Å². The fourth-order valence-electron chi connectivity index (χ4n) is 4.53. The standard InChI is InChI=1S/C23H30N2O12/c1-8(22(32)24-13-14(27)16(29)21-20(15(13)28)34-7-35-21)5-10-3-4-12(11(26)6-10)36-23-18(31)17(30)19(37-23)9(2)25-33/h3-6,13-21,23,26-31,33H,7H2,1-2H3,(H,24,32)/b8-5+,25-9-/t13-,14+,15-,16-,17+,18+,19-,20+,21-,23-/m1/s1. The number of aliphatic hydroxyl groups is 5. The zero-order valence-corrected chi connectivity index (χ0v) is 19.9. The molecule has 1 amide bonds. The van der Waals surface area contributed by atoms with Gasteiger partial charge in [0, 0.05) is 5.57 Å². The second kappa shape index (κ2) is 10.9. The van der Waals surface area contributed by atoms with Gasteiger partial charge in [-0.15, -0.1) is 0 Å². The third kappa shape index (κ3) is 5.28. The molecule has 8 N–H and O–H groups in total. The first kappa shape index (κ1) is 27.2. The molecule has 0 aromatic heterocycles. The molecule has 10 atom stereocenters. The third-order valence-corrected chi connectivity index (χ3v) is 6.66. The molecule has 14 heteroatoms. The van der Waals surface area contributed by atoms with Crippen LogP contribution in [-0.4, -0.2) is 115 Å². The monoisotopic (exact) mass is 526 g/mol. The quantitative estimate of drug-likeness (QED) is 0.0856. The Labute approximate surface area is 211 Å². The number of hydrogen-bond donors (Lipinski definition) is 8.